The highest BCUT2D eigenvalue weighted by Crippen LogP contribution is 2.65. The summed E-state index contributed by atoms with van der Waals surface area (Å²) in [7, 11) is 0. The van der Waals surface area contributed by atoms with Gasteiger partial charge in [0.25, 0.3) is 5.69 Å². The lowest BCUT2D eigenvalue weighted by Gasteiger charge is -2.11. The molecule has 4 rings (SSSR count). The zero-order valence-electron chi connectivity index (χ0n) is 11.1. The van der Waals surface area contributed by atoms with E-state index in [1.165, 1.54) is 19.3 Å². The molecule has 0 spiro atoms. The molecule has 20 heavy (non-hydrogen) atoms. The van der Waals surface area contributed by atoms with E-state index in [1.54, 1.807) is 6.07 Å². The number of benzene rings is 1. The summed E-state index contributed by atoms with van der Waals surface area (Å²) in [6, 6.07) is 5.93. The van der Waals surface area contributed by atoms with Gasteiger partial charge < -0.3 is 5.32 Å². The summed E-state index contributed by atoms with van der Waals surface area (Å²) in [6.07, 6.45) is 4.25. The monoisotopic (exact) mass is 336 g/mol. The van der Waals surface area contributed by atoms with Crippen LogP contribution in [0.2, 0.25) is 0 Å². The van der Waals surface area contributed by atoms with E-state index in [0.717, 1.165) is 33.7 Å². The average molecular weight is 337 g/mol. The van der Waals surface area contributed by atoms with Crippen molar-refractivity contribution in [3.8, 4) is 0 Å². The molecule has 0 aliphatic heterocycles. The highest BCUT2D eigenvalue weighted by atomic mass is 79.9. The fourth-order valence-corrected chi connectivity index (χ4v) is 5.03. The highest BCUT2D eigenvalue weighted by molar-refractivity contribution is 9.10. The molecule has 4 atom stereocenters. The Morgan fingerprint density at radius 2 is 2.00 bits per heavy atom. The van der Waals surface area contributed by atoms with Crippen LogP contribution >= 0.6 is 15.9 Å². The van der Waals surface area contributed by atoms with Crippen molar-refractivity contribution in [1.29, 1.82) is 0 Å². The van der Waals surface area contributed by atoms with Gasteiger partial charge in [-0.2, -0.15) is 0 Å². The number of hydrogen-bond acceptors (Lipinski definition) is 3. The summed E-state index contributed by atoms with van der Waals surface area (Å²) in [4.78, 5) is 10.8. The molecule has 0 saturated heterocycles. The Morgan fingerprint density at radius 3 is 2.65 bits per heavy atom. The van der Waals surface area contributed by atoms with E-state index in [4.69, 9.17) is 0 Å². The number of fused-ring (bicyclic) bond motifs is 5. The van der Waals surface area contributed by atoms with Gasteiger partial charge in [-0.25, -0.2) is 0 Å². The maximum absolute atomic E-state index is 11.1. The lowest BCUT2D eigenvalue weighted by molar-refractivity contribution is -0.385. The van der Waals surface area contributed by atoms with Crippen molar-refractivity contribution in [2.45, 2.75) is 31.8 Å². The first-order chi connectivity index (χ1) is 9.65. The molecule has 3 saturated carbocycles. The van der Waals surface area contributed by atoms with Crippen LogP contribution in [0.1, 0.15) is 24.8 Å². The Morgan fingerprint density at radius 1 is 1.30 bits per heavy atom. The van der Waals surface area contributed by atoms with Gasteiger partial charge in [-0.15, -0.1) is 0 Å². The first-order valence-electron chi connectivity index (χ1n) is 7.31. The fourth-order valence-electron chi connectivity index (χ4n) is 4.68. The Bertz CT molecular complexity index is 561. The van der Waals surface area contributed by atoms with Gasteiger partial charge >= 0.3 is 0 Å². The van der Waals surface area contributed by atoms with Crippen LogP contribution in [0.15, 0.2) is 22.7 Å². The standard InChI is InChI=1S/C15H17BrN2O2/c16-11-4-3-10(12(6-11)18(19)20)7-17-15-13-8-1-2-9(5-8)14(13)15/h3-4,6,8-9,13-15,17H,1-2,5,7H2. The van der Waals surface area contributed by atoms with Crippen LogP contribution in [0.3, 0.4) is 0 Å². The number of rotatable bonds is 4. The Hall–Kier alpha value is -0.940. The third-order valence-electron chi connectivity index (χ3n) is 5.51. The average Bonchev–Trinajstić information content (AvgIpc) is 2.81. The van der Waals surface area contributed by atoms with Gasteiger partial charge in [-0.3, -0.25) is 10.1 Å². The largest absolute Gasteiger partial charge is 0.309 e. The van der Waals surface area contributed by atoms with Crippen LogP contribution in [0, 0.1) is 33.8 Å². The molecule has 0 amide bonds. The normalized spacial score (nSPS) is 37.0. The summed E-state index contributed by atoms with van der Waals surface area (Å²) in [5.41, 5.74) is 0.996. The predicted molar refractivity (Wildman–Crippen MR) is 79.2 cm³/mol. The lowest BCUT2D eigenvalue weighted by atomic mass is 10.0. The summed E-state index contributed by atoms with van der Waals surface area (Å²) in [5.74, 6) is 3.59. The van der Waals surface area contributed by atoms with E-state index in [-0.39, 0.29) is 10.6 Å². The molecule has 5 heteroatoms. The smallest absolute Gasteiger partial charge is 0.275 e. The van der Waals surface area contributed by atoms with E-state index in [9.17, 15) is 10.1 Å². The van der Waals surface area contributed by atoms with Crippen molar-refractivity contribution in [2.75, 3.05) is 0 Å². The minimum atomic E-state index is -0.292. The SMILES string of the molecule is O=[N+]([O-])c1cc(Br)ccc1CNC1C2C3CCC(C3)C12. The third-order valence-corrected chi connectivity index (χ3v) is 6.00. The summed E-state index contributed by atoms with van der Waals surface area (Å²) in [5, 5.41) is 14.7. The van der Waals surface area contributed by atoms with E-state index in [2.05, 4.69) is 21.2 Å². The van der Waals surface area contributed by atoms with Gasteiger partial charge in [0.05, 0.1) is 4.92 Å². The molecule has 1 N–H and O–H groups in total. The lowest BCUT2D eigenvalue weighted by Crippen LogP contribution is -2.22. The van der Waals surface area contributed by atoms with Crippen LogP contribution in [-0.4, -0.2) is 11.0 Å². The molecule has 1 aromatic carbocycles. The number of nitrogens with zero attached hydrogens (tertiary/aromatic N) is 1. The Kier molecular flexibility index (Phi) is 2.89. The molecule has 1 aromatic rings. The molecule has 4 nitrogen and oxygen atoms in total. The van der Waals surface area contributed by atoms with Crippen molar-refractivity contribution in [2.24, 2.45) is 23.7 Å². The minimum Gasteiger partial charge on any atom is -0.309 e. The summed E-state index contributed by atoms with van der Waals surface area (Å²) >= 11 is 3.30. The van der Waals surface area contributed by atoms with E-state index in [0.29, 0.717) is 12.6 Å². The predicted octanol–water partition coefficient (Wildman–Crippen LogP) is 3.49. The first kappa shape index (κ1) is 12.8. The van der Waals surface area contributed by atoms with E-state index >= 15 is 0 Å². The second-order valence-corrected chi connectivity index (χ2v) is 7.34. The van der Waals surface area contributed by atoms with E-state index in [1.807, 2.05) is 12.1 Å². The molecule has 3 aliphatic rings. The molecule has 0 radical (unpaired) electrons. The number of hydrogen-bond donors (Lipinski definition) is 1. The Labute approximate surface area is 126 Å². The quantitative estimate of drug-likeness (QED) is 0.676. The zero-order chi connectivity index (χ0) is 13.9. The maximum atomic E-state index is 11.1. The summed E-state index contributed by atoms with van der Waals surface area (Å²) < 4.78 is 0.759. The van der Waals surface area contributed by atoms with Gasteiger partial charge in [0.2, 0.25) is 0 Å². The van der Waals surface area contributed by atoms with Crippen LogP contribution < -0.4 is 5.32 Å². The van der Waals surface area contributed by atoms with Crippen LogP contribution in [-0.2, 0) is 6.54 Å². The maximum Gasteiger partial charge on any atom is 0.275 e. The molecular weight excluding hydrogens is 320 g/mol. The van der Waals surface area contributed by atoms with Crippen molar-refractivity contribution in [1.82, 2.24) is 5.32 Å². The molecule has 4 unspecified atom stereocenters. The van der Waals surface area contributed by atoms with Crippen molar-refractivity contribution >= 4 is 21.6 Å². The second kappa shape index (κ2) is 4.53. The molecule has 0 heterocycles. The molecular formula is C15H17BrN2O2. The molecule has 2 bridgehead atoms. The number of halogens is 1. The van der Waals surface area contributed by atoms with Crippen molar-refractivity contribution < 1.29 is 4.92 Å². The summed E-state index contributed by atoms with van der Waals surface area (Å²) in [6.45, 7) is 0.612. The minimum absolute atomic E-state index is 0.209. The van der Waals surface area contributed by atoms with E-state index < -0.39 is 0 Å². The number of nitro groups is 1. The van der Waals surface area contributed by atoms with Gasteiger partial charge in [0.1, 0.15) is 0 Å². The number of nitro benzene ring substituents is 1. The third kappa shape index (κ3) is 1.91. The molecule has 106 valence electrons. The highest BCUT2D eigenvalue weighted by Gasteiger charge is 2.64. The number of nitrogens with one attached hydrogen (secondary N) is 1. The van der Waals surface area contributed by atoms with Crippen LogP contribution in [0.25, 0.3) is 0 Å². The van der Waals surface area contributed by atoms with Gasteiger partial charge in [-0.05, 0) is 55.1 Å². The van der Waals surface area contributed by atoms with Gasteiger partial charge in [0, 0.05) is 28.7 Å². The molecule has 3 aliphatic carbocycles. The topological polar surface area (TPSA) is 55.2 Å². The fraction of sp³-hybridized carbons (Fsp3) is 0.600. The molecule has 3 fully saturated rings. The zero-order valence-corrected chi connectivity index (χ0v) is 12.7. The van der Waals surface area contributed by atoms with Gasteiger partial charge in [-0.1, -0.05) is 15.9 Å². The van der Waals surface area contributed by atoms with Crippen LogP contribution in [0.5, 0.6) is 0 Å². The van der Waals surface area contributed by atoms with Crippen LogP contribution in [0.4, 0.5) is 5.69 Å². The van der Waals surface area contributed by atoms with Gasteiger partial charge in [0.15, 0.2) is 0 Å². The van der Waals surface area contributed by atoms with Crippen molar-refractivity contribution in [3.05, 3.63) is 38.3 Å². The Balaban J connectivity index is 1.45. The first-order valence-corrected chi connectivity index (χ1v) is 8.10. The van der Waals surface area contributed by atoms with Crippen molar-refractivity contribution in [3.63, 3.8) is 0 Å². The second-order valence-electron chi connectivity index (χ2n) is 6.42. The molecule has 0 aromatic heterocycles.